The molecule has 0 aromatic heterocycles. The van der Waals surface area contributed by atoms with Gasteiger partial charge < -0.3 is 10.1 Å². The van der Waals surface area contributed by atoms with Gasteiger partial charge in [-0.2, -0.15) is 0 Å². The van der Waals surface area contributed by atoms with E-state index in [2.05, 4.69) is 44.3 Å². The third-order valence-corrected chi connectivity index (χ3v) is 3.42. The zero-order valence-electron chi connectivity index (χ0n) is 11.7. The quantitative estimate of drug-likeness (QED) is 0.811. The molecule has 1 rings (SSSR count). The van der Waals surface area contributed by atoms with Crippen LogP contribution in [-0.2, 0) is 0 Å². The van der Waals surface area contributed by atoms with E-state index >= 15 is 0 Å². The van der Waals surface area contributed by atoms with Gasteiger partial charge in [0.15, 0.2) is 0 Å². The molecule has 2 unspecified atom stereocenters. The first-order valence-corrected chi connectivity index (χ1v) is 6.45. The maximum atomic E-state index is 5.39. The van der Waals surface area contributed by atoms with Crippen molar-refractivity contribution in [1.82, 2.24) is 5.32 Å². The minimum absolute atomic E-state index is 0.407. The Labute approximate surface area is 105 Å². The first-order valence-electron chi connectivity index (χ1n) is 6.45. The summed E-state index contributed by atoms with van der Waals surface area (Å²) >= 11 is 0. The van der Waals surface area contributed by atoms with Gasteiger partial charge in [0, 0.05) is 6.04 Å². The lowest BCUT2D eigenvalue weighted by Gasteiger charge is -2.24. The van der Waals surface area contributed by atoms with Crippen molar-refractivity contribution in [2.45, 2.75) is 39.7 Å². The van der Waals surface area contributed by atoms with Crippen LogP contribution in [0.15, 0.2) is 18.2 Å². The van der Waals surface area contributed by atoms with Crippen molar-refractivity contribution in [1.29, 1.82) is 0 Å². The molecule has 0 spiro atoms. The topological polar surface area (TPSA) is 21.3 Å². The second-order valence-corrected chi connectivity index (χ2v) is 4.76. The second-order valence-electron chi connectivity index (χ2n) is 4.76. The summed E-state index contributed by atoms with van der Waals surface area (Å²) in [6, 6.07) is 6.90. The highest BCUT2D eigenvalue weighted by molar-refractivity contribution is 5.38. The maximum absolute atomic E-state index is 5.39. The SMILES string of the molecule is CCCC(C)C(NC)c1ccc(C)c(OC)c1. The van der Waals surface area contributed by atoms with Gasteiger partial charge in [0.1, 0.15) is 5.75 Å². The molecule has 0 radical (unpaired) electrons. The van der Waals surface area contributed by atoms with Crippen LogP contribution >= 0.6 is 0 Å². The Morgan fingerprint density at radius 3 is 2.59 bits per heavy atom. The van der Waals surface area contributed by atoms with Crippen molar-refractivity contribution in [2.24, 2.45) is 5.92 Å². The Balaban J connectivity index is 2.95. The Morgan fingerprint density at radius 1 is 1.35 bits per heavy atom. The van der Waals surface area contributed by atoms with Crippen LogP contribution in [0, 0.1) is 12.8 Å². The summed E-state index contributed by atoms with van der Waals surface area (Å²) in [6.45, 7) is 6.61. The summed E-state index contributed by atoms with van der Waals surface area (Å²) in [5.41, 5.74) is 2.50. The molecule has 0 saturated heterocycles. The van der Waals surface area contributed by atoms with Crippen molar-refractivity contribution in [2.75, 3.05) is 14.2 Å². The van der Waals surface area contributed by atoms with Gasteiger partial charge in [-0.1, -0.05) is 32.4 Å². The summed E-state index contributed by atoms with van der Waals surface area (Å²) in [7, 11) is 3.76. The van der Waals surface area contributed by atoms with E-state index in [0.717, 1.165) is 5.75 Å². The summed E-state index contributed by atoms with van der Waals surface area (Å²) in [4.78, 5) is 0. The molecule has 2 atom stereocenters. The molecule has 96 valence electrons. The van der Waals surface area contributed by atoms with Crippen LogP contribution in [0.25, 0.3) is 0 Å². The van der Waals surface area contributed by atoms with E-state index in [1.54, 1.807) is 7.11 Å². The van der Waals surface area contributed by atoms with Gasteiger partial charge in [0.25, 0.3) is 0 Å². The number of hydrogen-bond acceptors (Lipinski definition) is 2. The highest BCUT2D eigenvalue weighted by atomic mass is 16.5. The highest BCUT2D eigenvalue weighted by Gasteiger charge is 2.17. The van der Waals surface area contributed by atoms with Gasteiger partial charge in [-0.25, -0.2) is 0 Å². The van der Waals surface area contributed by atoms with Gasteiger partial charge in [-0.15, -0.1) is 0 Å². The molecular weight excluding hydrogens is 210 g/mol. The fraction of sp³-hybridized carbons (Fsp3) is 0.600. The van der Waals surface area contributed by atoms with Crippen LogP contribution in [0.2, 0.25) is 0 Å². The number of methoxy groups -OCH3 is 1. The molecule has 0 aliphatic heterocycles. The molecule has 0 heterocycles. The van der Waals surface area contributed by atoms with Crippen molar-refractivity contribution in [3.63, 3.8) is 0 Å². The monoisotopic (exact) mass is 235 g/mol. The molecule has 0 amide bonds. The first kappa shape index (κ1) is 14.0. The molecule has 2 nitrogen and oxygen atoms in total. The Hall–Kier alpha value is -1.02. The number of ether oxygens (including phenoxy) is 1. The fourth-order valence-electron chi connectivity index (χ4n) is 2.43. The summed E-state index contributed by atoms with van der Waals surface area (Å²) in [5, 5.41) is 3.42. The smallest absolute Gasteiger partial charge is 0.122 e. The van der Waals surface area contributed by atoms with Crippen LogP contribution in [0.5, 0.6) is 5.75 Å². The molecule has 0 bridgehead atoms. The third-order valence-electron chi connectivity index (χ3n) is 3.42. The first-order chi connectivity index (χ1) is 8.13. The standard InChI is InChI=1S/C15H25NO/c1-6-7-12(3)15(16-4)13-9-8-11(2)14(10-13)17-5/h8-10,12,15-16H,6-7H2,1-5H3. The van der Waals surface area contributed by atoms with Crippen molar-refractivity contribution < 1.29 is 4.74 Å². The fourth-order valence-corrected chi connectivity index (χ4v) is 2.43. The Kier molecular flexibility index (Phi) is 5.49. The van der Waals surface area contributed by atoms with Gasteiger partial charge in [-0.05, 0) is 43.5 Å². The van der Waals surface area contributed by atoms with Crippen molar-refractivity contribution in [3.05, 3.63) is 29.3 Å². The van der Waals surface area contributed by atoms with Gasteiger partial charge in [0.2, 0.25) is 0 Å². The Morgan fingerprint density at radius 2 is 2.06 bits per heavy atom. The summed E-state index contributed by atoms with van der Waals surface area (Å²) in [6.07, 6.45) is 2.46. The van der Waals surface area contributed by atoms with E-state index < -0.39 is 0 Å². The van der Waals surface area contributed by atoms with Crippen LogP contribution < -0.4 is 10.1 Å². The lowest BCUT2D eigenvalue weighted by molar-refractivity contribution is 0.378. The minimum Gasteiger partial charge on any atom is -0.496 e. The van der Waals surface area contributed by atoms with E-state index in [1.165, 1.54) is 24.0 Å². The van der Waals surface area contributed by atoms with E-state index in [1.807, 2.05) is 7.05 Å². The lowest BCUT2D eigenvalue weighted by atomic mass is 9.90. The molecule has 0 fully saturated rings. The summed E-state index contributed by atoms with van der Waals surface area (Å²) < 4.78 is 5.39. The molecular formula is C15H25NO. The normalized spacial score (nSPS) is 14.4. The van der Waals surface area contributed by atoms with Gasteiger partial charge in [0.05, 0.1) is 7.11 Å². The van der Waals surface area contributed by atoms with Gasteiger partial charge >= 0.3 is 0 Å². The summed E-state index contributed by atoms with van der Waals surface area (Å²) in [5.74, 6) is 1.61. The number of aryl methyl sites for hydroxylation is 1. The third kappa shape index (κ3) is 3.47. The number of hydrogen-bond donors (Lipinski definition) is 1. The van der Waals surface area contributed by atoms with Gasteiger partial charge in [-0.3, -0.25) is 0 Å². The molecule has 17 heavy (non-hydrogen) atoms. The molecule has 0 aliphatic rings. The molecule has 0 saturated carbocycles. The molecule has 0 aliphatic carbocycles. The molecule has 1 aromatic rings. The number of nitrogens with one attached hydrogen (secondary N) is 1. The Bertz CT molecular complexity index is 349. The largest absolute Gasteiger partial charge is 0.496 e. The van der Waals surface area contributed by atoms with Crippen LogP contribution in [-0.4, -0.2) is 14.2 Å². The van der Waals surface area contributed by atoms with E-state index in [9.17, 15) is 0 Å². The van der Waals surface area contributed by atoms with Crippen molar-refractivity contribution >= 4 is 0 Å². The molecule has 2 heteroatoms. The van der Waals surface area contributed by atoms with E-state index in [-0.39, 0.29) is 0 Å². The van der Waals surface area contributed by atoms with Crippen LogP contribution in [0.1, 0.15) is 43.9 Å². The van der Waals surface area contributed by atoms with Crippen LogP contribution in [0.4, 0.5) is 0 Å². The average molecular weight is 235 g/mol. The highest BCUT2D eigenvalue weighted by Crippen LogP contribution is 2.29. The molecule has 1 N–H and O–H groups in total. The number of rotatable bonds is 6. The predicted molar refractivity (Wildman–Crippen MR) is 73.6 cm³/mol. The second kappa shape index (κ2) is 6.65. The zero-order valence-corrected chi connectivity index (χ0v) is 11.7. The maximum Gasteiger partial charge on any atom is 0.122 e. The zero-order chi connectivity index (χ0) is 12.8. The lowest BCUT2D eigenvalue weighted by Crippen LogP contribution is -2.23. The molecule has 1 aromatic carbocycles. The predicted octanol–water partition coefficient (Wildman–Crippen LogP) is 3.70. The minimum atomic E-state index is 0.407. The average Bonchev–Trinajstić information content (AvgIpc) is 2.32. The van der Waals surface area contributed by atoms with E-state index in [0.29, 0.717) is 12.0 Å². The van der Waals surface area contributed by atoms with Crippen LogP contribution in [0.3, 0.4) is 0 Å². The number of benzene rings is 1. The van der Waals surface area contributed by atoms with Crippen molar-refractivity contribution in [3.8, 4) is 5.75 Å². The van der Waals surface area contributed by atoms with E-state index in [4.69, 9.17) is 4.74 Å².